The fourth-order valence-corrected chi connectivity index (χ4v) is 4.20. The Morgan fingerprint density at radius 2 is 1.78 bits per heavy atom. The second kappa shape index (κ2) is 7.52. The average molecular weight is 432 g/mol. The summed E-state index contributed by atoms with van der Waals surface area (Å²) in [6.07, 6.45) is 1.70. The summed E-state index contributed by atoms with van der Waals surface area (Å²) in [7, 11) is 0. The van der Waals surface area contributed by atoms with Gasteiger partial charge in [-0.25, -0.2) is 0 Å². The van der Waals surface area contributed by atoms with E-state index in [1.54, 1.807) is 24.3 Å². The summed E-state index contributed by atoms with van der Waals surface area (Å²) < 4.78 is 6.28. The zero-order chi connectivity index (χ0) is 19.0. The molecule has 2 heterocycles. The molecule has 1 saturated heterocycles. The van der Waals surface area contributed by atoms with Crippen LogP contribution in [0.15, 0.2) is 70.0 Å². The first kappa shape index (κ1) is 18.3. The second-order valence-corrected chi connectivity index (χ2v) is 8.17. The first-order valence-electron chi connectivity index (χ1n) is 7.91. The van der Waals surface area contributed by atoms with Gasteiger partial charge in [0.05, 0.1) is 20.6 Å². The molecule has 1 amide bonds. The molecular weight excluding hydrogens is 421 g/mol. The zero-order valence-electron chi connectivity index (χ0n) is 13.7. The van der Waals surface area contributed by atoms with Crippen LogP contribution in [0.3, 0.4) is 0 Å². The number of thioether (sulfide) groups is 1. The smallest absolute Gasteiger partial charge is 0.270 e. The standard InChI is InChI=1S/C20H11Cl2NO2S2/c21-15-8-6-13(10-16(15)22)23-19(24)18(27-20(23)26)11-14-7-9-17(25-14)12-4-2-1-3-5-12/h1-11H/b18-11-. The van der Waals surface area contributed by atoms with Crippen molar-refractivity contribution in [3.05, 3.63) is 81.4 Å². The van der Waals surface area contributed by atoms with Gasteiger partial charge >= 0.3 is 0 Å². The van der Waals surface area contributed by atoms with Gasteiger partial charge in [-0.1, -0.05) is 77.5 Å². The number of nitrogens with zero attached hydrogens (tertiary/aromatic N) is 1. The van der Waals surface area contributed by atoms with Crippen molar-refractivity contribution in [3.63, 3.8) is 0 Å². The van der Waals surface area contributed by atoms with Crippen LogP contribution in [-0.4, -0.2) is 10.2 Å². The van der Waals surface area contributed by atoms with E-state index in [9.17, 15) is 4.79 Å². The molecule has 0 bridgehead atoms. The Balaban J connectivity index is 1.62. The number of hydrogen-bond donors (Lipinski definition) is 0. The molecule has 0 aliphatic carbocycles. The molecule has 0 radical (unpaired) electrons. The summed E-state index contributed by atoms with van der Waals surface area (Å²) in [5.41, 5.74) is 1.56. The second-order valence-electron chi connectivity index (χ2n) is 5.68. The molecule has 0 N–H and O–H groups in total. The van der Waals surface area contributed by atoms with Crippen molar-refractivity contribution in [1.29, 1.82) is 0 Å². The molecule has 134 valence electrons. The molecule has 0 atom stereocenters. The van der Waals surface area contributed by atoms with Crippen LogP contribution in [0.25, 0.3) is 17.4 Å². The first-order valence-corrected chi connectivity index (χ1v) is 9.89. The third-order valence-electron chi connectivity index (χ3n) is 3.91. The van der Waals surface area contributed by atoms with Gasteiger partial charge < -0.3 is 4.42 Å². The lowest BCUT2D eigenvalue weighted by Crippen LogP contribution is -2.27. The molecule has 1 aromatic heterocycles. The Hall–Kier alpha value is -2.05. The van der Waals surface area contributed by atoms with E-state index in [4.69, 9.17) is 39.8 Å². The van der Waals surface area contributed by atoms with Crippen molar-refractivity contribution < 1.29 is 9.21 Å². The molecule has 1 fully saturated rings. The molecule has 27 heavy (non-hydrogen) atoms. The molecule has 4 rings (SSSR count). The maximum atomic E-state index is 12.8. The van der Waals surface area contributed by atoms with Gasteiger partial charge in [0.2, 0.25) is 0 Å². The normalized spacial score (nSPS) is 15.8. The van der Waals surface area contributed by atoms with Crippen LogP contribution in [0.1, 0.15) is 5.76 Å². The molecule has 3 aromatic rings. The molecule has 3 nitrogen and oxygen atoms in total. The fourth-order valence-electron chi connectivity index (χ4n) is 2.63. The quantitative estimate of drug-likeness (QED) is 0.342. The Morgan fingerprint density at radius 3 is 2.52 bits per heavy atom. The van der Waals surface area contributed by atoms with Crippen LogP contribution in [0, 0.1) is 0 Å². The number of thiocarbonyl (C=S) groups is 1. The van der Waals surface area contributed by atoms with Crippen LogP contribution < -0.4 is 4.90 Å². The summed E-state index contributed by atoms with van der Waals surface area (Å²) in [6, 6.07) is 18.4. The van der Waals surface area contributed by atoms with Gasteiger partial charge in [0.1, 0.15) is 11.5 Å². The summed E-state index contributed by atoms with van der Waals surface area (Å²) >= 11 is 18.6. The van der Waals surface area contributed by atoms with Crippen molar-refractivity contribution in [2.24, 2.45) is 0 Å². The first-order chi connectivity index (χ1) is 13.0. The summed E-state index contributed by atoms with van der Waals surface area (Å²) in [4.78, 5) is 14.8. The van der Waals surface area contributed by atoms with Gasteiger partial charge in [0.15, 0.2) is 4.32 Å². The third-order valence-corrected chi connectivity index (χ3v) is 5.95. The lowest BCUT2D eigenvalue weighted by Gasteiger charge is -2.15. The number of carbonyl (C=O) groups is 1. The molecule has 2 aromatic carbocycles. The van der Waals surface area contributed by atoms with Crippen LogP contribution >= 0.6 is 47.2 Å². The van der Waals surface area contributed by atoms with Crippen LogP contribution in [0.2, 0.25) is 10.0 Å². The summed E-state index contributed by atoms with van der Waals surface area (Å²) in [5, 5.41) is 0.788. The largest absolute Gasteiger partial charge is 0.457 e. The highest BCUT2D eigenvalue weighted by molar-refractivity contribution is 8.27. The van der Waals surface area contributed by atoms with Crippen LogP contribution in [-0.2, 0) is 4.79 Å². The van der Waals surface area contributed by atoms with Gasteiger partial charge in [-0.2, -0.15) is 0 Å². The maximum Gasteiger partial charge on any atom is 0.270 e. The van der Waals surface area contributed by atoms with Crippen molar-refractivity contribution in [3.8, 4) is 11.3 Å². The van der Waals surface area contributed by atoms with Crippen molar-refractivity contribution in [2.75, 3.05) is 4.90 Å². The van der Waals surface area contributed by atoms with Gasteiger partial charge in [-0.15, -0.1) is 0 Å². The van der Waals surface area contributed by atoms with Crippen LogP contribution in [0.4, 0.5) is 5.69 Å². The average Bonchev–Trinajstić information content (AvgIpc) is 3.23. The van der Waals surface area contributed by atoms with Crippen molar-refractivity contribution in [1.82, 2.24) is 0 Å². The minimum atomic E-state index is -0.221. The fraction of sp³-hybridized carbons (Fsp3) is 0. The number of amides is 1. The van der Waals surface area contributed by atoms with E-state index in [1.807, 2.05) is 42.5 Å². The molecule has 0 spiro atoms. The molecule has 1 aliphatic rings. The van der Waals surface area contributed by atoms with E-state index in [1.165, 1.54) is 16.7 Å². The molecule has 0 unspecified atom stereocenters. The minimum absolute atomic E-state index is 0.221. The van der Waals surface area contributed by atoms with Crippen molar-refractivity contribution >= 4 is 69.2 Å². The Labute approximate surface area is 175 Å². The van der Waals surface area contributed by atoms with Crippen molar-refractivity contribution in [2.45, 2.75) is 0 Å². The molecule has 1 aliphatic heterocycles. The van der Waals surface area contributed by atoms with Crippen LogP contribution in [0.5, 0.6) is 0 Å². The molecule has 7 heteroatoms. The number of benzene rings is 2. The highest BCUT2D eigenvalue weighted by Crippen LogP contribution is 2.38. The third kappa shape index (κ3) is 3.69. The Kier molecular flexibility index (Phi) is 5.10. The van der Waals surface area contributed by atoms with Gasteiger partial charge in [-0.05, 0) is 30.3 Å². The lowest BCUT2D eigenvalue weighted by molar-refractivity contribution is -0.113. The van der Waals surface area contributed by atoms with E-state index < -0.39 is 0 Å². The lowest BCUT2D eigenvalue weighted by atomic mass is 10.2. The van der Waals surface area contributed by atoms with E-state index in [0.717, 1.165) is 11.3 Å². The van der Waals surface area contributed by atoms with E-state index in [2.05, 4.69) is 0 Å². The number of carbonyl (C=O) groups excluding carboxylic acids is 1. The van der Waals surface area contributed by atoms with Gasteiger partial charge in [0, 0.05) is 11.6 Å². The van der Waals surface area contributed by atoms with E-state index in [-0.39, 0.29) is 5.91 Å². The van der Waals surface area contributed by atoms with Gasteiger partial charge in [-0.3, -0.25) is 9.69 Å². The minimum Gasteiger partial charge on any atom is -0.457 e. The summed E-state index contributed by atoms with van der Waals surface area (Å²) in [6.45, 7) is 0. The predicted molar refractivity (Wildman–Crippen MR) is 116 cm³/mol. The zero-order valence-corrected chi connectivity index (χ0v) is 16.8. The highest BCUT2D eigenvalue weighted by atomic mass is 35.5. The number of rotatable bonds is 3. The highest BCUT2D eigenvalue weighted by Gasteiger charge is 2.33. The topological polar surface area (TPSA) is 33.5 Å². The van der Waals surface area contributed by atoms with Gasteiger partial charge in [0.25, 0.3) is 5.91 Å². The molecular formula is C20H11Cl2NO2S2. The Bertz CT molecular complexity index is 1080. The molecule has 0 saturated carbocycles. The number of anilines is 1. The Morgan fingerprint density at radius 1 is 1.00 bits per heavy atom. The number of halogens is 2. The maximum absolute atomic E-state index is 12.8. The van der Waals surface area contributed by atoms with E-state index >= 15 is 0 Å². The monoisotopic (exact) mass is 431 g/mol. The summed E-state index contributed by atoms with van der Waals surface area (Å²) in [5.74, 6) is 1.10. The number of furan rings is 1. The SMILES string of the molecule is O=C1/C(=C/c2ccc(-c3ccccc3)o2)SC(=S)N1c1ccc(Cl)c(Cl)c1. The number of hydrogen-bond acceptors (Lipinski definition) is 4. The van der Waals surface area contributed by atoms with E-state index in [0.29, 0.717) is 30.7 Å². The predicted octanol–water partition coefficient (Wildman–Crippen LogP) is 6.66.